The second-order valence-corrected chi connectivity index (χ2v) is 4.36. The third-order valence-corrected chi connectivity index (χ3v) is 2.85. The zero-order valence-electron chi connectivity index (χ0n) is 9.79. The molecule has 0 spiro atoms. The van der Waals surface area contributed by atoms with Gasteiger partial charge in [0.25, 0.3) is 0 Å². The molecule has 0 saturated heterocycles. The Bertz CT molecular complexity index is 321. The first kappa shape index (κ1) is 12.6. The lowest BCUT2D eigenvalue weighted by atomic mass is 9.88. The minimum atomic E-state index is -0.321. The molecule has 0 bridgehead atoms. The summed E-state index contributed by atoms with van der Waals surface area (Å²) < 4.78 is 5.04. The van der Waals surface area contributed by atoms with Crippen LogP contribution in [0.5, 0.6) is 0 Å². The fraction of sp³-hybridized carbons (Fsp3) is 0.583. The first-order valence-corrected chi connectivity index (χ1v) is 5.56. The lowest BCUT2D eigenvalue weighted by molar-refractivity contribution is -0.139. The summed E-state index contributed by atoms with van der Waals surface area (Å²) >= 11 is 0. The molecule has 16 heavy (non-hydrogen) atoms. The quantitative estimate of drug-likeness (QED) is 0.559. The van der Waals surface area contributed by atoms with Gasteiger partial charge in [0.05, 0.1) is 6.61 Å². The minimum absolute atomic E-state index is 0.321. The molecule has 0 aliphatic heterocycles. The maximum absolute atomic E-state index is 11.1. The molecular weight excluding hydrogens is 204 g/mol. The summed E-state index contributed by atoms with van der Waals surface area (Å²) in [5.74, 6) is 0.157. The van der Waals surface area contributed by atoms with Crippen molar-refractivity contribution in [3.8, 4) is 0 Å². The van der Waals surface area contributed by atoms with Gasteiger partial charge in [0.1, 0.15) is 0 Å². The number of carbonyl (C=O) groups excluding carboxylic acids is 1. The van der Waals surface area contributed by atoms with Gasteiger partial charge in [-0.05, 0) is 38.5 Å². The maximum atomic E-state index is 11.1. The molecule has 0 amide bonds. The lowest BCUT2D eigenvalue weighted by Crippen LogP contribution is -2.21. The van der Waals surface area contributed by atoms with Crippen LogP contribution in [0.1, 0.15) is 32.6 Å². The highest BCUT2D eigenvalue weighted by atomic mass is 16.5. The zero-order valence-corrected chi connectivity index (χ0v) is 9.79. The Morgan fingerprint density at radius 2 is 2.19 bits per heavy atom. The molecule has 1 aliphatic rings. The van der Waals surface area contributed by atoms with Gasteiger partial charge in [0, 0.05) is 17.0 Å². The zero-order chi connectivity index (χ0) is 12.1. The molecule has 0 aromatic carbocycles. The molecule has 1 rings (SSSR count). The molecule has 0 radical (unpaired) electrons. The SMILES string of the molecule is C=C(C)C(=O)OCCC1CCC(N)=C(N)C1. The van der Waals surface area contributed by atoms with Gasteiger partial charge in [-0.3, -0.25) is 0 Å². The third kappa shape index (κ3) is 3.61. The molecule has 0 saturated carbocycles. The van der Waals surface area contributed by atoms with Crippen molar-refractivity contribution in [1.29, 1.82) is 0 Å². The van der Waals surface area contributed by atoms with Gasteiger partial charge in [-0.25, -0.2) is 4.79 Å². The summed E-state index contributed by atoms with van der Waals surface area (Å²) in [4.78, 5) is 11.1. The Hall–Kier alpha value is -1.45. The molecule has 0 aromatic heterocycles. The summed E-state index contributed by atoms with van der Waals surface area (Å²) in [5.41, 5.74) is 13.5. The second kappa shape index (κ2) is 5.58. The van der Waals surface area contributed by atoms with Gasteiger partial charge in [-0.2, -0.15) is 0 Å². The maximum Gasteiger partial charge on any atom is 0.333 e. The van der Waals surface area contributed by atoms with E-state index in [1.54, 1.807) is 6.92 Å². The average molecular weight is 224 g/mol. The van der Waals surface area contributed by atoms with Crippen molar-refractivity contribution in [2.75, 3.05) is 6.61 Å². The Kier molecular flexibility index (Phi) is 4.40. The van der Waals surface area contributed by atoms with Gasteiger partial charge in [-0.15, -0.1) is 0 Å². The molecular formula is C12H20N2O2. The highest BCUT2D eigenvalue weighted by Crippen LogP contribution is 2.26. The molecule has 0 fully saturated rings. The molecule has 4 nitrogen and oxygen atoms in total. The Balaban J connectivity index is 2.25. The first-order chi connectivity index (χ1) is 7.50. The van der Waals surface area contributed by atoms with Crippen LogP contribution in [0.25, 0.3) is 0 Å². The van der Waals surface area contributed by atoms with E-state index in [1.807, 2.05) is 0 Å². The average Bonchev–Trinajstić information content (AvgIpc) is 2.23. The Morgan fingerprint density at radius 1 is 1.50 bits per heavy atom. The van der Waals surface area contributed by atoms with Crippen LogP contribution in [0.2, 0.25) is 0 Å². The number of hydrogen-bond donors (Lipinski definition) is 2. The molecule has 0 aromatic rings. The molecule has 1 unspecified atom stereocenters. The Morgan fingerprint density at radius 3 is 2.75 bits per heavy atom. The summed E-state index contributed by atoms with van der Waals surface area (Å²) in [6.07, 6.45) is 3.53. The van der Waals surface area contributed by atoms with Crippen molar-refractivity contribution in [3.63, 3.8) is 0 Å². The van der Waals surface area contributed by atoms with Gasteiger partial charge in [0.2, 0.25) is 0 Å². The predicted octanol–water partition coefficient (Wildman–Crippen LogP) is 1.42. The normalized spacial score (nSPS) is 20.7. The topological polar surface area (TPSA) is 78.3 Å². The highest BCUT2D eigenvalue weighted by Gasteiger charge is 2.18. The summed E-state index contributed by atoms with van der Waals surface area (Å²) in [6, 6.07) is 0. The van der Waals surface area contributed by atoms with Gasteiger partial charge in [-0.1, -0.05) is 6.58 Å². The minimum Gasteiger partial charge on any atom is -0.462 e. The van der Waals surface area contributed by atoms with Crippen molar-refractivity contribution in [2.45, 2.75) is 32.6 Å². The molecule has 4 heteroatoms. The summed E-state index contributed by atoms with van der Waals surface area (Å²) in [5, 5.41) is 0. The van der Waals surface area contributed by atoms with Crippen LogP contribution in [-0.2, 0) is 9.53 Å². The van der Waals surface area contributed by atoms with Crippen molar-refractivity contribution in [1.82, 2.24) is 0 Å². The van der Waals surface area contributed by atoms with Crippen molar-refractivity contribution < 1.29 is 9.53 Å². The van der Waals surface area contributed by atoms with Crippen LogP contribution in [0, 0.1) is 5.92 Å². The van der Waals surface area contributed by atoms with Crippen LogP contribution < -0.4 is 11.5 Å². The molecule has 0 heterocycles. The number of hydrogen-bond acceptors (Lipinski definition) is 4. The monoisotopic (exact) mass is 224 g/mol. The van der Waals surface area contributed by atoms with E-state index < -0.39 is 0 Å². The van der Waals surface area contributed by atoms with E-state index in [0.29, 0.717) is 18.1 Å². The van der Waals surface area contributed by atoms with Crippen LogP contribution in [-0.4, -0.2) is 12.6 Å². The molecule has 4 N–H and O–H groups in total. The van der Waals surface area contributed by atoms with Crippen LogP contribution in [0.4, 0.5) is 0 Å². The van der Waals surface area contributed by atoms with Crippen molar-refractivity contribution >= 4 is 5.97 Å². The largest absolute Gasteiger partial charge is 0.462 e. The predicted molar refractivity (Wildman–Crippen MR) is 63.1 cm³/mol. The van der Waals surface area contributed by atoms with Crippen LogP contribution >= 0.6 is 0 Å². The summed E-state index contributed by atoms with van der Waals surface area (Å²) in [7, 11) is 0. The number of carbonyl (C=O) groups is 1. The highest BCUT2D eigenvalue weighted by molar-refractivity contribution is 5.86. The fourth-order valence-electron chi connectivity index (χ4n) is 1.75. The second-order valence-electron chi connectivity index (χ2n) is 4.36. The van der Waals surface area contributed by atoms with E-state index in [2.05, 4.69) is 6.58 Å². The van der Waals surface area contributed by atoms with E-state index in [9.17, 15) is 4.79 Å². The number of rotatable bonds is 4. The van der Waals surface area contributed by atoms with Crippen LogP contribution in [0.3, 0.4) is 0 Å². The van der Waals surface area contributed by atoms with Gasteiger partial charge < -0.3 is 16.2 Å². The summed E-state index contributed by atoms with van der Waals surface area (Å²) in [6.45, 7) is 5.60. The molecule has 1 aliphatic carbocycles. The number of nitrogens with two attached hydrogens (primary N) is 2. The molecule has 90 valence electrons. The Labute approximate surface area is 96.3 Å². The smallest absolute Gasteiger partial charge is 0.333 e. The van der Waals surface area contributed by atoms with Crippen molar-refractivity contribution in [3.05, 3.63) is 23.5 Å². The van der Waals surface area contributed by atoms with E-state index in [1.165, 1.54) is 0 Å². The van der Waals surface area contributed by atoms with Gasteiger partial charge >= 0.3 is 5.97 Å². The van der Waals surface area contributed by atoms with Crippen molar-refractivity contribution in [2.24, 2.45) is 17.4 Å². The first-order valence-electron chi connectivity index (χ1n) is 5.56. The van der Waals surface area contributed by atoms with E-state index in [-0.39, 0.29) is 5.97 Å². The standard InChI is InChI=1S/C12H20N2O2/c1-8(2)12(15)16-6-5-9-3-4-10(13)11(14)7-9/h9H,1,3-7,13-14H2,2H3. The number of esters is 1. The molecule has 1 atom stereocenters. The van der Waals surface area contributed by atoms with E-state index in [0.717, 1.165) is 37.1 Å². The number of allylic oxidation sites excluding steroid dienone is 2. The third-order valence-electron chi connectivity index (χ3n) is 2.85. The van der Waals surface area contributed by atoms with Gasteiger partial charge in [0.15, 0.2) is 0 Å². The lowest BCUT2D eigenvalue weighted by Gasteiger charge is -2.23. The number of ether oxygens (including phenoxy) is 1. The van der Waals surface area contributed by atoms with Crippen LogP contribution in [0.15, 0.2) is 23.5 Å². The fourth-order valence-corrected chi connectivity index (χ4v) is 1.75. The van der Waals surface area contributed by atoms with E-state index >= 15 is 0 Å². The van der Waals surface area contributed by atoms with E-state index in [4.69, 9.17) is 16.2 Å².